The Morgan fingerprint density at radius 1 is 1.07 bits per heavy atom. The van der Waals surface area contributed by atoms with Gasteiger partial charge in [-0.2, -0.15) is 0 Å². The molecule has 1 aromatic carbocycles. The van der Waals surface area contributed by atoms with Crippen LogP contribution >= 0.6 is 0 Å². The molecule has 0 amide bonds. The van der Waals surface area contributed by atoms with Gasteiger partial charge in [0.15, 0.2) is 0 Å². The first-order chi connectivity index (χ1) is 14.0. The van der Waals surface area contributed by atoms with E-state index in [1.807, 2.05) is 0 Å². The summed E-state index contributed by atoms with van der Waals surface area (Å²) in [5, 5.41) is 39.3. The number of hydrogen-bond acceptors (Lipinski definition) is 9. The van der Waals surface area contributed by atoms with Crippen molar-refractivity contribution in [3.63, 3.8) is 0 Å². The molecule has 4 rings (SSSR count). The van der Waals surface area contributed by atoms with Crippen LogP contribution in [-0.2, 0) is 4.74 Å². The van der Waals surface area contributed by atoms with Crippen LogP contribution in [0.15, 0.2) is 58.1 Å². The van der Waals surface area contributed by atoms with Crippen molar-refractivity contribution in [3.05, 3.63) is 59.1 Å². The lowest BCUT2D eigenvalue weighted by Gasteiger charge is -2.39. The van der Waals surface area contributed by atoms with Crippen molar-refractivity contribution in [2.75, 3.05) is 6.61 Å². The number of aliphatic hydroxyl groups excluding tert-OH is 4. The summed E-state index contributed by atoms with van der Waals surface area (Å²) < 4.78 is 16.4. The van der Waals surface area contributed by atoms with Crippen molar-refractivity contribution in [3.8, 4) is 17.0 Å². The van der Waals surface area contributed by atoms with E-state index in [-0.39, 0.29) is 16.8 Å². The molecule has 0 aliphatic carbocycles. The fourth-order valence-corrected chi connectivity index (χ4v) is 3.18. The van der Waals surface area contributed by atoms with Gasteiger partial charge in [-0.25, -0.2) is 0 Å². The third-order valence-electron chi connectivity index (χ3n) is 4.79. The molecule has 29 heavy (non-hydrogen) atoms. The lowest BCUT2D eigenvalue weighted by molar-refractivity contribution is -0.277. The molecule has 2 aromatic heterocycles. The fraction of sp³-hybridized carbons (Fsp3) is 0.300. The van der Waals surface area contributed by atoms with E-state index in [0.29, 0.717) is 16.6 Å². The zero-order valence-corrected chi connectivity index (χ0v) is 15.1. The van der Waals surface area contributed by atoms with Gasteiger partial charge in [0.25, 0.3) is 0 Å². The van der Waals surface area contributed by atoms with Gasteiger partial charge in [0, 0.05) is 12.3 Å². The zero-order valence-electron chi connectivity index (χ0n) is 15.1. The lowest BCUT2D eigenvalue weighted by atomic mass is 9.99. The topological polar surface area (TPSA) is 142 Å². The van der Waals surface area contributed by atoms with Crippen LogP contribution in [0.2, 0.25) is 0 Å². The largest absolute Gasteiger partial charge is 0.463 e. The van der Waals surface area contributed by atoms with E-state index >= 15 is 0 Å². The van der Waals surface area contributed by atoms with Crippen molar-refractivity contribution < 1.29 is 34.3 Å². The number of nitrogens with zero attached hydrogens (tertiary/aromatic N) is 1. The van der Waals surface area contributed by atoms with Crippen LogP contribution in [0.5, 0.6) is 5.75 Å². The van der Waals surface area contributed by atoms with E-state index in [0.717, 1.165) is 0 Å². The summed E-state index contributed by atoms with van der Waals surface area (Å²) in [6.45, 7) is -0.562. The summed E-state index contributed by atoms with van der Waals surface area (Å²) >= 11 is 0. The molecule has 1 aliphatic rings. The molecule has 1 saturated heterocycles. The van der Waals surface area contributed by atoms with Crippen molar-refractivity contribution in [2.45, 2.75) is 30.7 Å². The van der Waals surface area contributed by atoms with Crippen molar-refractivity contribution in [1.82, 2.24) is 4.98 Å². The predicted molar refractivity (Wildman–Crippen MR) is 100 cm³/mol. The van der Waals surface area contributed by atoms with E-state index < -0.39 is 37.3 Å². The van der Waals surface area contributed by atoms with Gasteiger partial charge in [0.1, 0.15) is 42.0 Å². The number of aliphatic hydroxyl groups is 4. The monoisotopic (exact) mass is 401 g/mol. The lowest BCUT2D eigenvalue weighted by Crippen LogP contribution is -2.60. The Morgan fingerprint density at radius 3 is 2.62 bits per heavy atom. The second kappa shape index (κ2) is 7.90. The minimum atomic E-state index is -1.55. The number of fused-ring (bicyclic) bond motifs is 1. The molecule has 1 fully saturated rings. The molecule has 1 aliphatic heterocycles. The SMILES string of the molecule is O=c1c(-c2ccccn2)coc2cc(O[C@@H]3O[C@H](CO)[C@H](O)[C@@H](O)[C@H]3O)ccc12. The molecular formula is C20H19NO8. The van der Waals surface area contributed by atoms with Crippen LogP contribution in [-0.4, -0.2) is 62.7 Å². The summed E-state index contributed by atoms with van der Waals surface area (Å²) in [6.07, 6.45) is -4.09. The van der Waals surface area contributed by atoms with E-state index in [1.165, 1.54) is 24.5 Å². The normalized spacial score (nSPS) is 27.1. The first-order valence-electron chi connectivity index (χ1n) is 8.93. The summed E-state index contributed by atoms with van der Waals surface area (Å²) in [5.74, 6) is 0.204. The van der Waals surface area contributed by atoms with E-state index in [1.54, 1.807) is 24.4 Å². The Balaban J connectivity index is 1.62. The van der Waals surface area contributed by atoms with Crippen molar-refractivity contribution in [1.29, 1.82) is 0 Å². The van der Waals surface area contributed by atoms with Crippen LogP contribution in [0, 0.1) is 0 Å². The highest BCUT2D eigenvalue weighted by Gasteiger charge is 2.44. The first kappa shape index (κ1) is 19.5. The van der Waals surface area contributed by atoms with Gasteiger partial charge in [-0.1, -0.05) is 6.07 Å². The second-order valence-corrected chi connectivity index (χ2v) is 6.67. The molecule has 0 unspecified atom stereocenters. The maximum absolute atomic E-state index is 12.7. The number of rotatable bonds is 4. The number of ether oxygens (including phenoxy) is 2. The quantitative estimate of drug-likeness (QED) is 0.476. The summed E-state index contributed by atoms with van der Waals surface area (Å²) in [6, 6.07) is 9.66. The molecule has 0 spiro atoms. The van der Waals surface area contributed by atoms with Crippen LogP contribution in [0.3, 0.4) is 0 Å². The first-order valence-corrected chi connectivity index (χ1v) is 8.93. The predicted octanol–water partition coefficient (Wildman–Crippen LogP) is 0.0337. The molecule has 3 aromatic rings. The zero-order chi connectivity index (χ0) is 20.5. The molecule has 0 radical (unpaired) electrons. The average Bonchev–Trinajstić information content (AvgIpc) is 2.75. The van der Waals surface area contributed by atoms with Crippen LogP contribution in [0.4, 0.5) is 0 Å². The number of benzene rings is 1. The van der Waals surface area contributed by atoms with Gasteiger partial charge in [-0.3, -0.25) is 9.78 Å². The standard InChI is InChI=1S/C20H19NO8/c22-8-15-17(24)18(25)19(26)20(29-15)28-10-4-5-11-14(7-10)27-9-12(16(11)23)13-3-1-2-6-21-13/h1-7,9,15,17-20,22,24-26H,8H2/t15-,17+,18-,19-,20-/m1/s1. The third-order valence-corrected chi connectivity index (χ3v) is 4.79. The highest BCUT2D eigenvalue weighted by atomic mass is 16.7. The maximum Gasteiger partial charge on any atom is 0.229 e. The smallest absolute Gasteiger partial charge is 0.229 e. The van der Waals surface area contributed by atoms with Gasteiger partial charge in [-0.05, 0) is 24.3 Å². The third kappa shape index (κ3) is 3.61. The molecule has 0 saturated carbocycles. The minimum absolute atomic E-state index is 0.204. The molecule has 9 heteroatoms. The van der Waals surface area contributed by atoms with Crippen LogP contribution < -0.4 is 10.2 Å². The minimum Gasteiger partial charge on any atom is -0.463 e. The summed E-state index contributed by atoms with van der Waals surface area (Å²) in [5.41, 5.74) is 0.798. The second-order valence-electron chi connectivity index (χ2n) is 6.67. The van der Waals surface area contributed by atoms with Gasteiger partial charge < -0.3 is 34.3 Å². The van der Waals surface area contributed by atoms with Crippen LogP contribution in [0.25, 0.3) is 22.2 Å². The highest BCUT2D eigenvalue weighted by molar-refractivity contribution is 5.81. The van der Waals surface area contributed by atoms with Crippen molar-refractivity contribution in [2.24, 2.45) is 0 Å². The molecule has 4 N–H and O–H groups in total. The fourth-order valence-electron chi connectivity index (χ4n) is 3.18. The molecule has 152 valence electrons. The Labute approximate surface area is 164 Å². The van der Waals surface area contributed by atoms with E-state index in [4.69, 9.17) is 13.9 Å². The molecule has 5 atom stereocenters. The molecule has 9 nitrogen and oxygen atoms in total. The number of aromatic nitrogens is 1. The van der Waals surface area contributed by atoms with Gasteiger partial charge >= 0.3 is 0 Å². The Morgan fingerprint density at radius 2 is 1.90 bits per heavy atom. The number of hydrogen-bond donors (Lipinski definition) is 4. The van der Waals surface area contributed by atoms with E-state index in [2.05, 4.69) is 4.98 Å². The maximum atomic E-state index is 12.7. The van der Waals surface area contributed by atoms with E-state index in [9.17, 15) is 25.2 Å². The van der Waals surface area contributed by atoms with Crippen molar-refractivity contribution >= 4 is 11.0 Å². The molecular weight excluding hydrogens is 382 g/mol. The molecule has 0 bridgehead atoms. The summed E-state index contributed by atoms with van der Waals surface area (Å²) in [4.78, 5) is 16.9. The highest BCUT2D eigenvalue weighted by Crippen LogP contribution is 2.27. The Bertz CT molecular complexity index is 1050. The van der Waals surface area contributed by atoms with Gasteiger partial charge in [-0.15, -0.1) is 0 Å². The average molecular weight is 401 g/mol. The Hall–Kier alpha value is -2.82. The molecule has 3 heterocycles. The Kier molecular flexibility index (Phi) is 5.31. The number of pyridine rings is 1. The van der Waals surface area contributed by atoms with Gasteiger partial charge in [0.2, 0.25) is 11.7 Å². The van der Waals surface area contributed by atoms with Gasteiger partial charge in [0.05, 0.1) is 23.3 Å². The van der Waals surface area contributed by atoms with Crippen LogP contribution in [0.1, 0.15) is 0 Å². The summed E-state index contributed by atoms with van der Waals surface area (Å²) in [7, 11) is 0.